The predicted molar refractivity (Wildman–Crippen MR) is 57.8 cm³/mol. The Balaban J connectivity index is 2.01. The molecule has 2 fully saturated rings. The van der Waals surface area contributed by atoms with Gasteiger partial charge in [-0.15, -0.1) is 0 Å². The molecule has 0 radical (unpaired) electrons. The van der Waals surface area contributed by atoms with Gasteiger partial charge in [-0.25, -0.2) is 4.79 Å². The van der Waals surface area contributed by atoms with Crippen LogP contribution in [-0.2, 0) is 4.74 Å². The van der Waals surface area contributed by atoms with Crippen molar-refractivity contribution in [1.82, 2.24) is 10.2 Å². The molecule has 0 spiro atoms. The summed E-state index contributed by atoms with van der Waals surface area (Å²) in [7, 11) is 2.00. The van der Waals surface area contributed by atoms with E-state index in [-0.39, 0.29) is 6.09 Å². The minimum Gasteiger partial charge on any atom is -0.450 e. The molecule has 2 saturated heterocycles. The maximum absolute atomic E-state index is 11.7. The largest absolute Gasteiger partial charge is 0.450 e. The molecular formula is C11H20N2O2. The highest BCUT2D eigenvalue weighted by Gasteiger charge is 2.43. The average molecular weight is 212 g/mol. The molecule has 2 unspecified atom stereocenters. The molecule has 2 rings (SSSR count). The normalized spacial score (nSPS) is 34.3. The molecule has 86 valence electrons. The molecule has 1 amide bonds. The lowest BCUT2D eigenvalue weighted by Crippen LogP contribution is -2.51. The Bertz CT molecular complexity index is 231. The van der Waals surface area contributed by atoms with E-state index in [1.54, 1.807) is 0 Å². The number of nitrogens with zero attached hydrogens (tertiary/aromatic N) is 1. The van der Waals surface area contributed by atoms with Gasteiger partial charge < -0.3 is 15.0 Å². The van der Waals surface area contributed by atoms with E-state index in [2.05, 4.69) is 5.32 Å². The third kappa shape index (κ3) is 1.95. The van der Waals surface area contributed by atoms with Gasteiger partial charge in [0.1, 0.15) is 0 Å². The number of hydrogen-bond donors (Lipinski definition) is 1. The highest BCUT2D eigenvalue weighted by Crippen LogP contribution is 2.35. The lowest BCUT2D eigenvalue weighted by Gasteiger charge is -2.37. The van der Waals surface area contributed by atoms with Gasteiger partial charge in [0, 0.05) is 18.1 Å². The van der Waals surface area contributed by atoms with Gasteiger partial charge in [0.15, 0.2) is 0 Å². The number of carbonyl (C=O) groups is 1. The number of hydrogen-bond acceptors (Lipinski definition) is 3. The second-order valence-electron chi connectivity index (χ2n) is 4.45. The molecule has 0 saturated carbocycles. The number of carbonyl (C=O) groups excluding carboxylic acids is 1. The zero-order valence-corrected chi connectivity index (χ0v) is 9.53. The summed E-state index contributed by atoms with van der Waals surface area (Å²) in [6.45, 7) is 2.34. The van der Waals surface area contributed by atoms with Crippen molar-refractivity contribution >= 4 is 6.09 Å². The minimum atomic E-state index is -0.112. The molecule has 0 aromatic carbocycles. The zero-order valence-electron chi connectivity index (χ0n) is 9.53. The Hall–Kier alpha value is -0.770. The van der Waals surface area contributed by atoms with Crippen LogP contribution in [0.15, 0.2) is 0 Å². The lowest BCUT2D eigenvalue weighted by molar-refractivity contribution is 0.0668. The summed E-state index contributed by atoms with van der Waals surface area (Å²) in [5.74, 6) is 0. The van der Waals surface area contributed by atoms with Gasteiger partial charge in [-0.2, -0.15) is 0 Å². The summed E-state index contributed by atoms with van der Waals surface area (Å²) in [5.41, 5.74) is 0. The van der Waals surface area contributed by atoms with Crippen molar-refractivity contribution in [2.24, 2.45) is 0 Å². The molecule has 1 N–H and O–H groups in total. The second-order valence-corrected chi connectivity index (χ2v) is 4.45. The smallest absolute Gasteiger partial charge is 0.410 e. The van der Waals surface area contributed by atoms with Crippen LogP contribution in [0.5, 0.6) is 0 Å². The fraction of sp³-hybridized carbons (Fsp3) is 0.909. The Morgan fingerprint density at radius 3 is 2.47 bits per heavy atom. The average Bonchev–Trinajstić information content (AvgIpc) is 2.50. The van der Waals surface area contributed by atoms with Gasteiger partial charge in [-0.3, -0.25) is 0 Å². The first-order valence-corrected chi connectivity index (χ1v) is 5.88. The van der Waals surface area contributed by atoms with Gasteiger partial charge in [0.05, 0.1) is 6.61 Å². The third-order valence-corrected chi connectivity index (χ3v) is 3.62. The van der Waals surface area contributed by atoms with Crippen LogP contribution in [0.2, 0.25) is 0 Å². The summed E-state index contributed by atoms with van der Waals surface area (Å²) in [6.07, 6.45) is 4.32. The fourth-order valence-electron chi connectivity index (χ4n) is 2.91. The number of piperidine rings is 1. The summed E-state index contributed by atoms with van der Waals surface area (Å²) in [5, 5.41) is 3.32. The molecule has 2 heterocycles. The lowest BCUT2D eigenvalue weighted by atomic mass is 9.98. The predicted octanol–water partition coefficient (Wildman–Crippen LogP) is 1.36. The second kappa shape index (κ2) is 4.39. The van der Waals surface area contributed by atoms with Gasteiger partial charge in [-0.05, 0) is 39.7 Å². The quantitative estimate of drug-likeness (QED) is 0.751. The minimum absolute atomic E-state index is 0.112. The van der Waals surface area contributed by atoms with Crippen LogP contribution in [0, 0.1) is 0 Å². The highest BCUT2D eigenvalue weighted by molar-refractivity contribution is 5.69. The van der Waals surface area contributed by atoms with Crippen LogP contribution in [0.1, 0.15) is 32.6 Å². The van der Waals surface area contributed by atoms with Crippen LogP contribution in [-0.4, -0.2) is 42.8 Å². The first kappa shape index (κ1) is 10.7. The van der Waals surface area contributed by atoms with E-state index < -0.39 is 0 Å². The van der Waals surface area contributed by atoms with Crippen molar-refractivity contribution in [3.63, 3.8) is 0 Å². The fourth-order valence-corrected chi connectivity index (χ4v) is 2.91. The summed E-state index contributed by atoms with van der Waals surface area (Å²) < 4.78 is 5.10. The van der Waals surface area contributed by atoms with Crippen LogP contribution in [0.4, 0.5) is 4.79 Å². The van der Waals surface area contributed by atoms with E-state index >= 15 is 0 Å². The third-order valence-electron chi connectivity index (χ3n) is 3.62. The van der Waals surface area contributed by atoms with Crippen molar-refractivity contribution in [2.45, 2.75) is 50.7 Å². The number of rotatable bonds is 2. The molecule has 4 heteroatoms. The topological polar surface area (TPSA) is 41.6 Å². The molecule has 2 atom stereocenters. The van der Waals surface area contributed by atoms with E-state index in [9.17, 15) is 4.79 Å². The molecule has 4 nitrogen and oxygen atoms in total. The van der Waals surface area contributed by atoms with Crippen LogP contribution in [0.3, 0.4) is 0 Å². The van der Waals surface area contributed by atoms with Crippen molar-refractivity contribution < 1.29 is 9.53 Å². The van der Waals surface area contributed by atoms with Gasteiger partial charge in [-0.1, -0.05) is 0 Å². The van der Waals surface area contributed by atoms with E-state index in [0.29, 0.717) is 24.7 Å². The van der Waals surface area contributed by atoms with Crippen LogP contribution < -0.4 is 5.32 Å². The van der Waals surface area contributed by atoms with Crippen molar-refractivity contribution in [3.8, 4) is 0 Å². The van der Waals surface area contributed by atoms with Crippen molar-refractivity contribution in [3.05, 3.63) is 0 Å². The number of amides is 1. The first-order valence-electron chi connectivity index (χ1n) is 5.88. The first-order chi connectivity index (χ1) is 7.26. The number of fused-ring (bicyclic) bond motifs is 2. The van der Waals surface area contributed by atoms with Crippen LogP contribution >= 0.6 is 0 Å². The molecule has 0 aliphatic carbocycles. The number of ether oxygens (including phenoxy) is 1. The molecule has 15 heavy (non-hydrogen) atoms. The van der Waals surface area contributed by atoms with E-state index in [1.807, 2.05) is 18.9 Å². The molecule has 0 aromatic rings. The SMILES string of the molecule is CCOC(=O)N1C2CCC1CC(NC)C2. The molecule has 0 aromatic heterocycles. The van der Waals surface area contributed by atoms with E-state index in [4.69, 9.17) is 4.74 Å². The molecule has 2 bridgehead atoms. The highest BCUT2D eigenvalue weighted by atomic mass is 16.6. The molecule has 2 aliphatic heterocycles. The Morgan fingerprint density at radius 1 is 1.40 bits per heavy atom. The summed E-state index contributed by atoms with van der Waals surface area (Å²) in [4.78, 5) is 13.7. The molecular weight excluding hydrogens is 192 g/mol. The van der Waals surface area contributed by atoms with Gasteiger partial charge in [0.25, 0.3) is 0 Å². The zero-order chi connectivity index (χ0) is 10.8. The monoisotopic (exact) mass is 212 g/mol. The molecule has 2 aliphatic rings. The maximum Gasteiger partial charge on any atom is 0.410 e. The summed E-state index contributed by atoms with van der Waals surface area (Å²) >= 11 is 0. The summed E-state index contributed by atoms with van der Waals surface area (Å²) in [6, 6.07) is 1.38. The van der Waals surface area contributed by atoms with Gasteiger partial charge in [0.2, 0.25) is 0 Å². The Morgan fingerprint density at radius 2 is 2.00 bits per heavy atom. The maximum atomic E-state index is 11.7. The standard InChI is InChI=1S/C11H20N2O2/c1-3-15-11(14)13-9-4-5-10(13)7-8(6-9)12-2/h8-10,12H,3-7H2,1-2H3. The van der Waals surface area contributed by atoms with Gasteiger partial charge >= 0.3 is 6.09 Å². The Kier molecular flexibility index (Phi) is 3.14. The van der Waals surface area contributed by atoms with E-state index in [1.165, 1.54) is 0 Å². The Labute approximate surface area is 91.0 Å². The van der Waals surface area contributed by atoms with Crippen molar-refractivity contribution in [2.75, 3.05) is 13.7 Å². The van der Waals surface area contributed by atoms with Crippen LogP contribution in [0.25, 0.3) is 0 Å². The number of nitrogens with one attached hydrogen (secondary N) is 1. The van der Waals surface area contributed by atoms with E-state index in [0.717, 1.165) is 25.7 Å². The van der Waals surface area contributed by atoms with Crippen molar-refractivity contribution in [1.29, 1.82) is 0 Å².